The molecule has 2 fully saturated rings. The number of cyclic esters (lactones) is 1. The fraction of sp³-hybridized carbons (Fsp3) is 0.459. The van der Waals surface area contributed by atoms with Crippen molar-refractivity contribution >= 4 is 45.3 Å². The summed E-state index contributed by atoms with van der Waals surface area (Å²) in [5.74, 6) is -3.08. The number of nitrogens with one attached hydrogen (secondary N) is 1. The Morgan fingerprint density at radius 2 is 1.78 bits per heavy atom. The van der Waals surface area contributed by atoms with Crippen LogP contribution in [0.15, 0.2) is 77.3 Å². The van der Waals surface area contributed by atoms with Crippen molar-refractivity contribution < 1.29 is 38.5 Å². The molecule has 4 aliphatic heterocycles. The molecule has 7 atom stereocenters. The van der Waals surface area contributed by atoms with Crippen molar-refractivity contribution in [1.29, 1.82) is 0 Å². The van der Waals surface area contributed by atoms with E-state index in [2.05, 4.69) is 21.2 Å². The van der Waals surface area contributed by atoms with Gasteiger partial charge in [-0.25, -0.2) is 0 Å². The molecule has 2 saturated heterocycles. The largest absolute Gasteiger partial charge is 0.497 e. The van der Waals surface area contributed by atoms with Crippen molar-refractivity contribution in [1.82, 2.24) is 10.2 Å². The second-order valence-electron chi connectivity index (χ2n) is 13.4. The topological polar surface area (TPSA) is 135 Å². The number of fused-ring (bicyclic) bond motifs is 2. The van der Waals surface area contributed by atoms with Crippen molar-refractivity contribution in [3.63, 3.8) is 0 Å². The monoisotopic (exact) mass is 735 g/mol. The van der Waals surface area contributed by atoms with Crippen LogP contribution in [0, 0.1) is 17.8 Å². The van der Waals surface area contributed by atoms with Gasteiger partial charge in [0.25, 0.3) is 5.91 Å². The highest BCUT2D eigenvalue weighted by Gasteiger charge is 2.75. The van der Waals surface area contributed by atoms with Gasteiger partial charge in [0.2, 0.25) is 11.8 Å². The average molecular weight is 737 g/mol. The van der Waals surface area contributed by atoms with Crippen LogP contribution < -0.4 is 15.0 Å². The summed E-state index contributed by atoms with van der Waals surface area (Å²) in [6.45, 7) is 3.64. The first-order chi connectivity index (χ1) is 23.6. The van der Waals surface area contributed by atoms with E-state index in [1.54, 1.807) is 48.4 Å². The number of carbonyl (C=O) groups excluding carboxylic acids is 4. The Labute approximate surface area is 294 Å². The Kier molecular flexibility index (Phi) is 10.3. The molecule has 5 bridgehead atoms. The van der Waals surface area contributed by atoms with Crippen LogP contribution in [0.4, 0.5) is 5.69 Å². The number of ether oxygens (including phenoxy) is 3. The quantitative estimate of drug-likeness (QED) is 0.322. The van der Waals surface area contributed by atoms with Gasteiger partial charge in [-0.2, -0.15) is 0 Å². The number of likely N-dealkylation sites (tertiary alicyclic amines) is 1. The van der Waals surface area contributed by atoms with E-state index < -0.39 is 65.4 Å². The van der Waals surface area contributed by atoms with Gasteiger partial charge in [-0.3, -0.25) is 19.2 Å². The summed E-state index contributed by atoms with van der Waals surface area (Å²) in [5, 5.41) is 13.7. The number of hydrogen-bond donors (Lipinski definition) is 2. The third-order valence-corrected chi connectivity index (χ3v) is 10.5. The zero-order chi connectivity index (χ0) is 34.9. The van der Waals surface area contributed by atoms with Crippen LogP contribution in [0.1, 0.15) is 44.7 Å². The molecule has 11 nitrogen and oxygen atoms in total. The molecule has 0 aliphatic carbocycles. The average Bonchev–Trinajstić information content (AvgIpc) is 3.70. The van der Waals surface area contributed by atoms with Gasteiger partial charge in [0.15, 0.2) is 0 Å². The van der Waals surface area contributed by atoms with Crippen molar-refractivity contribution in [3.8, 4) is 5.75 Å². The molecule has 0 aromatic heterocycles. The number of amides is 3. The van der Waals surface area contributed by atoms with E-state index >= 15 is 4.79 Å². The number of carbonyl (C=O) groups is 4. The van der Waals surface area contributed by atoms with E-state index in [1.807, 2.05) is 50.3 Å². The normalized spacial score (nSPS) is 30.2. The van der Waals surface area contributed by atoms with E-state index in [0.29, 0.717) is 28.8 Å². The maximum atomic E-state index is 15.1. The maximum Gasteiger partial charge on any atom is 0.306 e. The Balaban J connectivity index is 1.48. The van der Waals surface area contributed by atoms with Crippen LogP contribution in [0.2, 0.25) is 0 Å². The number of aliphatic hydroxyl groups is 1. The molecule has 1 spiro atoms. The first kappa shape index (κ1) is 34.8. The Bertz CT molecular complexity index is 1630. The second-order valence-corrected chi connectivity index (χ2v) is 14.3. The first-order valence-corrected chi connectivity index (χ1v) is 17.5. The smallest absolute Gasteiger partial charge is 0.306 e. The number of halogens is 1. The number of methoxy groups -OCH3 is 1. The number of hydrogen-bond acceptors (Lipinski definition) is 8. The molecule has 4 aliphatic rings. The first-order valence-electron chi connectivity index (χ1n) is 16.7. The van der Waals surface area contributed by atoms with Crippen LogP contribution in [0.25, 0.3) is 0 Å². The molecule has 0 radical (unpaired) electrons. The third kappa shape index (κ3) is 6.53. The maximum absolute atomic E-state index is 15.1. The Morgan fingerprint density at radius 3 is 2.45 bits per heavy atom. The summed E-state index contributed by atoms with van der Waals surface area (Å²) in [5.41, 5.74) is -0.198. The third-order valence-electron chi connectivity index (χ3n) is 9.80. The minimum Gasteiger partial charge on any atom is -0.497 e. The highest BCUT2D eigenvalue weighted by molar-refractivity contribution is 9.11. The molecule has 49 heavy (non-hydrogen) atoms. The summed E-state index contributed by atoms with van der Waals surface area (Å²) >= 11 is 3.61. The van der Waals surface area contributed by atoms with Gasteiger partial charge in [0.05, 0.1) is 37.6 Å². The van der Waals surface area contributed by atoms with Crippen molar-refractivity contribution in [3.05, 3.63) is 82.9 Å². The minimum absolute atomic E-state index is 0.0952. The summed E-state index contributed by atoms with van der Waals surface area (Å²) < 4.78 is 18.2. The molecule has 2 N–H and O–H groups in total. The lowest BCUT2D eigenvalue weighted by molar-refractivity contribution is -0.146. The standard InChI is InChI=1S/C37H42BrN3O8/c1-22(2)18-25(20-42)41-33-36(46)40(24-13-15-26(47-3)16-14-24)17-9-5-8-12-29(43)48-21-28(23-10-6-4-7-11-23)39-34(44)30-31(35(41)45)37(33)19-27(38)32(30)49-37/h4-7,9-11,13-16,19,22,25,28,30-33,42H,8,12,17-18,20-21H2,1-3H3,(H,39,44)/b9-5-/t25-,28+,30+,31-,32+,33+,37-/m1/s1. The lowest BCUT2D eigenvalue weighted by Crippen LogP contribution is -2.59. The van der Waals surface area contributed by atoms with Gasteiger partial charge in [-0.05, 0) is 54.7 Å². The summed E-state index contributed by atoms with van der Waals surface area (Å²) in [6, 6.07) is 13.6. The van der Waals surface area contributed by atoms with Crippen LogP contribution in [-0.4, -0.2) is 84.4 Å². The molecule has 2 aromatic carbocycles. The van der Waals surface area contributed by atoms with Gasteiger partial charge in [0.1, 0.15) is 30.1 Å². The fourth-order valence-corrected chi connectivity index (χ4v) is 8.34. The zero-order valence-corrected chi connectivity index (χ0v) is 29.4. The number of allylic oxidation sites excluding steroid dienone is 1. The Hall–Kier alpha value is -4.00. The number of aliphatic hydroxyl groups excluding tert-OH is 1. The minimum atomic E-state index is -1.48. The van der Waals surface area contributed by atoms with Gasteiger partial charge in [-0.15, -0.1) is 0 Å². The van der Waals surface area contributed by atoms with Crippen molar-refractivity contribution in [2.45, 2.75) is 62.9 Å². The fourth-order valence-electron chi connectivity index (χ4n) is 7.60. The van der Waals surface area contributed by atoms with Gasteiger partial charge < -0.3 is 34.4 Å². The van der Waals surface area contributed by atoms with Crippen LogP contribution in [-0.2, 0) is 28.7 Å². The highest BCUT2D eigenvalue weighted by Crippen LogP contribution is 2.59. The van der Waals surface area contributed by atoms with Crippen LogP contribution in [0.3, 0.4) is 0 Å². The Morgan fingerprint density at radius 1 is 1.04 bits per heavy atom. The summed E-state index contributed by atoms with van der Waals surface area (Å²) in [4.78, 5) is 60.1. The summed E-state index contributed by atoms with van der Waals surface area (Å²) in [6.07, 6.45) is 5.48. The van der Waals surface area contributed by atoms with Crippen LogP contribution in [0.5, 0.6) is 5.75 Å². The number of nitrogens with zero attached hydrogens (tertiary/aromatic N) is 2. The number of anilines is 1. The molecule has 6 rings (SSSR count). The zero-order valence-electron chi connectivity index (χ0n) is 27.8. The number of esters is 1. The van der Waals surface area contributed by atoms with Gasteiger partial charge >= 0.3 is 5.97 Å². The van der Waals surface area contributed by atoms with E-state index in [0.717, 1.165) is 5.56 Å². The molecule has 3 amide bonds. The van der Waals surface area contributed by atoms with E-state index in [9.17, 15) is 19.5 Å². The van der Waals surface area contributed by atoms with Crippen molar-refractivity contribution in [2.75, 3.05) is 31.8 Å². The molecule has 0 saturated carbocycles. The van der Waals surface area contributed by atoms with E-state index in [4.69, 9.17) is 14.2 Å². The number of benzene rings is 2. The summed E-state index contributed by atoms with van der Waals surface area (Å²) in [7, 11) is 1.56. The molecular weight excluding hydrogens is 694 g/mol. The van der Waals surface area contributed by atoms with Gasteiger partial charge in [-0.1, -0.05) is 72.3 Å². The van der Waals surface area contributed by atoms with Crippen molar-refractivity contribution in [2.24, 2.45) is 17.8 Å². The molecule has 2 aromatic rings. The van der Waals surface area contributed by atoms with E-state index in [1.165, 1.54) is 4.90 Å². The lowest BCUT2D eigenvalue weighted by atomic mass is 9.74. The number of rotatable bonds is 7. The molecular formula is C37H42BrN3O8. The highest BCUT2D eigenvalue weighted by atomic mass is 79.9. The SMILES string of the molecule is COc1ccc(N2C/C=C\CCC(=O)OC[C@@H](c3ccccc3)NC(=O)[C@@H]3[C@H]4O[C@@]5(C=C4Br)[C@H](C2=O)N([C@@H](CO)CC(C)C)C(=O)[C@@H]35)cc1. The van der Waals surface area contributed by atoms with E-state index in [-0.39, 0.29) is 32.1 Å². The van der Waals surface area contributed by atoms with Gasteiger partial charge in [0, 0.05) is 23.1 Å². The molecule has 0 unspecified atom stereocenters. The molecule has 12 heteroatoms. The second kappa shape index (κ2) is 14.5. The van der Waals surface area contributed by atoms with Crippen LogP contribution >= 0.6 is 15.9 Å². The molecule has 260 valence electrons. The molecule has 4 heterocycles. The lowest BCUT2D eigenvalue weighted by Gasteiger charge is -2.39. The predicted octanol–water partition coefficient (Wildman–Crippen LogP) is 4.06. The predicted molar refractivity (Wildman–Crippen MR) is 185 cm³/mol.